The molecule has 1 aromatic heterocycles. The summed E-state index contributed by atoms with van der Waals surface area (Å²) in [5.74, 6) is 0.588. The second-order valence-electron chi connectivity index (χ2n) is 4.00. The summed E-state index contributed by atoms with van der Waals surface area (Å²) < 4.78 is 6.14. The van der Waals surface area contributed by atoms with E-state index >= 15 is 0 Å². The summed E-state index contributed by atoms with van der Waals surface area (Å²) in [6.07, 6.45) is 0.986. The summed E-state index contributed by atoms with van der Waals surface area (Å²) in [6.45, 7) is 3.78. The molecular weight excluding hydrogens is 304 g/mol. The van der Waals surface area contributed by atoms with Gasteiger partial charge in [0.2, 0.25) is 0 Å². The van der Waals surface area contributed by atoms with Crippen molar-refractivity contribution in [2.75, 3.05) is 20.2 Å². The van der Waals surface area contributed by atoms with Gasteiger partial charge in [-0.3, -0.25) is 4.79 Å². The highest BCUT2D eigenvalue weighted by molar-refractivity contribution is 9.10. The predicted molar refractivity (Wildman–Crippen MR) is 72.0 cm³/mol. The van der Waals surface area contributed by atoms with E-state index in [0.717, 1.165) is 28.9 Å². The lowest BCUT2D eigenvalue weighted by Gasteiger charge is -2.11. The smallest absolute Gasteiger partial charge is 0.265 e. The molecule has 0 bridgehead atoms. The van der Waals surface area contributed by atoms with E-state index < -0.39 is 0 Å². The first-order chi connectivity index (χ1) is 8.13. The van der Waals surface area contributed by atoms with Crippen LogP contribution in [0.3, 0.4) is 0 Å². The number of thiophene rings is 1. The van der Waals surface area contributed by atoms with Gasteiger partial charge in [0.25, 0.3) is 5.91 Å². The average Bonchev–Trinajstić information content (AvgIpc) is 2.89. The van der Waals surface area contributed by atoms with Crippen LogP contribution in [0.25, 0.3) is 0 Å². The number of ether oxygens (including phenoxy) is 1. The van der Waals surface area contributed by atoms with Gasteiger partial charge in [-0.25, -0.2) is 0 Å². The van der Waals surface area contributed by atoms with Crippen LogP contribution >= 0.6 is 27.3 Å². The van der Waals surface area contributed by atoms with Crippen molar-refractivity contribution in [1.29, 1.82) is 0 Å². The van der Waals surface area contributed by atoms with Crippen LogP contribution in [0, 0.1) is 6.92 Å². The highest BCUT2D eigenvalue weighted by atomic mass is 79.9. The van der Waals surface area contributed by atoms with Gasteiger partial charge in [-0.2, -0.15) is 0 Å². The third-order valence-electron chi connectivity index (χ3n) is 2.78. The van der Waals surface area contributed by atoms with E-state index in [1.165, 1.54) is 11.3 Å². The Hall–Kier alpha value is -0.590. The fourth-order valence-electron chi connectivity index (χ4n) is 1.86. The highest BCUT2D eigenvalue weighted by Gasteiger charge is 2.24. The Morgan fingerprint density at radius 2 is 2.41 bits per heavy atom. The molecule has 1 fully saturated rings. The van der Waals surface area contributed by atoms with E-state index in [0.29, 0.717) is 10.6 Å². The number of hydrogen-bond acceptors (Lipinski definition) is 4. The molecule has 4 nitrogen and oxygen atoms in total. The Kier molecular flexibility index (Phi) is 4.06. The van der Waals surface area contributed by atoms with Crippen LogP contribution in [0.4, 0.5) is 0 Å². The van der Waals surface area contributed by atoms with E-state index in [9.17, 15) is 4.79 Å². The Labute approximate surface area is 113 Å². The van der Waals surface area contributed by atoms with Gasteiger partial charge in [0, 0.05) is 17.5 Å². The first kappa shape index (κ1) is 12.9. The van der Waals surface area contributed by atoms with Gasteiger partial charge in [-0.05, 0) is 35.8 Å². The largest absolute Gasteiger partial charge is 0.494 e. The van der Waals surface area contributed by atoms with E-state index in [-0.39, 0.29) is 11.9 Å². The van der Waals surface area contributed by atoms with Crippen LogP contribution in [0.5, 0.6) is 5.75 Å². The zero-order valence-corrected chi connectivity index (χ0v) is 12.2. The summed E-state index contributed by atoms with van der Waals surface area (Å²) in [6, 6.07) is 0.230. The third-order valence-corrected chi connectivity index (χ3v) is 5.08. The zero-order valence-electron chi connectivity index (χ0n) is 9.80. The van der Waals surface area contributed by atoms with Crippen molar-refractivity contribution in [3.63, 3.8) is 0 Å². The van der Waals surface area contributed by atoms with Gasteiger partial charge in [-0.1, -0.05) is 0 Å². The zero-order chi connectivity index (χ0) is 12.4. The number of methoxy groups -OCH3 is 1. The van der Waals surface area contributed by atoms with Crippen molar-refractivity contribution in [3.8, 4) is 5.75 Å². The molecule has 2 N–H and O–H groups in total. The van der Waals surface area contributed by atoms with Crippen molar-refractivity contribution in [2.24, 2.45) is 0 Å². The summed E-state index contributed by atoms with van der Waals surface area (Å²) in [5.41, 5.74) is 0. The van der Waals surface area contributed by atoms with Crippen LogP contribution in [0.1, 0.15) is 21.0 Å². The summed E-state index contributed by atoms with van der Waals surface area (Å²) in [5, 5.41) is 6.24. The summed E-state index contributed by atoms with van der Waals surface area (Å²) in [4.78, 5) is 13.8. The summed E-state index contributed by atoms with van der Waals surface area (Å²) in [7, 11) is 1.58. The number of carbonyl (C=O) groups excluding carboxylic acids is 1. The lowest BCUT2D eigenvalue weighted by Crippen LogP contribution is -2.35. The molecule has 0 aliphatic carbocycles. The minimum absolute atomic E-state index is 0.0469. The van der Waals surface area contributed by atoms with Crippen molar-refractivity contribution < 1.29 is 9.53 Å². The molecule has 1 aliphatic heterocycles. The number of amides is 1. The maximum absolute atomic E-state index is 12.1. The van der Waals surface area contributed by atoms with Gasteiger partial charge < -0.3 is 15.4 Å². The lowest BCUT2D eigenvalue weighted by molar-refractivity contribution is 0.0941. The topological polar surface area (TPSA) is 50.4 Å². The molecule has 1 saturated heterocycles. The lowest BCUT2D eigenvalue weighted by atomic mass is 10.2. The number of hydrogen-bond donors (Lipinski definition) is 2. The van der Waals surface area contributed by atoms with Gasteiger partial charge in [0.1, 0.15) is 4.88 Å². The number of carbonyl (C=O) groups is 1. The van der Waals surface area contributed by atoms with E-state index in [1.807, 2.05) is 6.92 Å². The van der Waals surface area contributed by atoms with Crippen LogP contribution in [-0.2, 0) is 0 Å². The van der Waals surface area contributed by atoms with Crippen molar-refractivity contribution in [3.05, 3.63) is 14.2 Å². The van der Waals surface area contributed by atoms with Crippen molar-refractivity contribution in [2.45, 2.75) is 19.4 Å². The minimum atomic E-state index is -0.0469. The fourth-order valence-corrected chi connectivity index (χ4v) is 3.52. The van der Waals surface area contributed by atoms with Gasteiger partial charge in [0.15, 0.2) is 5.75 Å². The molecule has 2 rings (SSSR count). The Morgan fingerprint density at radius 3 is 3.00 bits per heavy atom. The Morgan fingerprint density at radius 1 is 1.65 bits per heavy atom. The minimum Gasteiger partial charge on any atom is -0.494 e. The number of halogens is 1. The van der Waals surface area contributed by atoms with Crippen LogP contribution in [0.15, 0.2) is 4.47 Å². The SMILES string of the molecule is COc1c(C(=O)NC2CCNC2)sc(C)c1Br. The first-order valence-corrected chi connectivity index (χ1v) is 7.09. The molecule has 1 aliphatic rings. The first-order valence-electron chi connectivity index (χ1n) is 5.48. The maximum Gasteiger partial charge on any atom is 0.265 e. The number of rotatable bonds is 3. The van der Waals surface area contributed by atoms with Crippen LogP contribution in [-0.4, -0.2) is 32.1 Å². The molecule has 1 unspecified atom stereocenters. The molecular formula is C11H15BrN2O2S. The van der Waals surface area contributed by atoms with Crippen molar-refractivity contribution >= 4 is 33.2 Å². The number of aryl methyl sites for hydroxylation is 1. The van der Waals surface area contributed by atoms with Gasteiger partial charge in [-0.15, -0.1) is 11.3 Å². The number of nitrogens with one attached hydrogen (secondary N) is 2. The van der Waals surface area contributed by atoms with E-state index in [2.05, 4.69) is 26.6 Å². The van der Waals surface area contributed by atoms with Gasteiger partial charge >= 0.3 is 0 Å². The summed E-state index contributed by atoms with van der Waals surface area (Å²) >= 11 is 4.89. The monoisotopic (exact) mass is 318 g/mol. The standard InChI is InChI=1S/C11H15BrN2O2S/c1-6-8(12)9(16-2)10(17-6)11(15)14-7-3-4-13-5-7/h7,13H,3-5H2,1-2H3,(H,14,15). The fraction of sp³-hybridized carbons (Fsp3) is 0.545. The quantitative estimate of drug-likeness (QED) is 0.895. The predicted octanol–water partition coefficient (Wildman–Crippen LogP) is 1.92. The maximum atomic E-state index is 12.1. The molecule has 1 atom stereocenters. The molecule has 1 aromatic rings. The van der Waals surface area contributed by atoms with Gasteiger partial charge in [0.05, 0.1) is 11.6 Å². The van der Waals surface area contributed by atoms with Crippen molar-refractivity contribution in [1.82, 2.24) is 10.6 Å². The Bertz CT molecular complexity index is 427. The van der Waals surface area contributed by atoms with Crippen LogP contribution < -0.4 is 15.4 Å². The van der Waals surface area contributed by atoms with E-state index in [1.54, 1.807) is 7.11 Å². The second kappa shape index (κ2) is 5.37. The molecule has 1 amide bonds. The molecule has 2 heterocycles. The molecule has 17 heavy (non-hydrogen) atoms. The average molecular weight is 319 g/mol. The van der Waals surface area contributed by atoms with Crippen LogP contribution in [0.2, 0.25) is 0 Å². The molecule has 0 aromatic carbocycles. The Balaban J connectivity index is 2.15. The molecule has 94 valence electrons. The molecule has 0 saturated carbocycles. The third kappa shape index (κ3) is 2.64. The normalized spacial score (nSPS) is 19.4. The molecule has 6 heteroatoms. The molecule has 0 spiro atoms. The second-order valence-corrected chi connectivity index (χ2v) is 6.02. The van der Waals surface area contributed by atoms with E-state index in [4.69, 9.17) is 4.74 Å². The highest BCUT2D eigenvalue weighted by Crippen LogP contribution is 2.39. The molecule has 0 radical (unpaired) electrons.